The molecule has 0 aromatic heterocycles. The maximum atomic E-state index is 11.2. The van der Waals surface area contributed by atoms with Crippen molar-refractivity contribution in [3.05, 3.63) is 17.4 Å². The van der Waals surface area contributed by atoms with Crippen LogP contribution in [0.3, 0.4) is 0 Å². The zero-order valence-electron chi connectivity index (χ0n) is 8.45. The standard InChI is InChI=1S/C9H14N2O4/c1-2-4-7(5-3-6-12)8(13)15-11-9(10)14/h2,12H,3,5-6H2,1H3,(H3,10,11,14). The average Bonchev–Trinajstić information content (AvgIpc) is 2.20. The lowest BCUT2D eigenvalue weighted by Gasteiger charge is -2.04. The molecule has 0 aliphatic carbocycles. The fourth-order valence-corrected chi connectivity index (χ4v) is 0.821. The number of nitrogens with one attached hydrogen (secondary N) is 1. The van der Waals surface area contributed by atoms with Crippen molar-refractivity contribution in [2.75, 3.05) is 6.61 Å². The molecule has 0 spiro atoms. The number of carbonyl (C=O) groups excluding carboxylic acids is 2. The number of nitrogens with two attached hydrogens (primary N) is 1. The second-order valence-corrected chi connectivity index (χ2v) is 2.59. The first kappa shape index (κ1) is 13.2. The van der Waals surface area contributed by atoms with Crippen molar-refractivity contribution < 1.29 is 19.5 Å². The first-order valence-electron chi connectivity index (χ1n) is 4.39. The van der Waals surface area contributed by atoms with E-state index in [1.165, 1.54) is 6.08 Å². The summed E-state index contributed by atoms with van der Waals surface area (Å²) < 4.78 is 0. The highest BCUT2D eigenvalue weighted by molar-refractivity contribution is 5.89. The summed E-state index contributed by atoms with van der Waals surface area (Å²) in [4.78, 5) is 25.9. The lowest BCUT2D eigenvalue weighted by Crippen LogP contribution is -2.32. The summed E-state index contributed by atoms with van der Waals surface area (Å²) >= 11 is 0. The molecule has 2 amide bonds. The average molecular weight is 214 g/mol. The van der Waals surface area contributed by atoms with Crippen LogP contribution in [-0.4, -0.2) is 23.7 Å². The maximum absolute atomic E-state index is 11.2. The molecule has 0 aliphatic rings. The lowest BCUT2D eigenvalue weighted by molar-refractivity contribution is -0.144. The number of aliphatic hydroxyl groups is 1. The van der Waals surface area contributed by atoms with Gasteiger partial charge in [0.1, 0.15) is 0 Å². The van der Waals surface area contributed by atoms with Gasteiger partial charge in [-0.1, -0.05) is 0 Å². The Morgan fingerprint density at radius 1 is 1.60 bits per heavy atom. The molecular weight excluding hydrogens is 200 g/mol. The van der Waals surface area contributed by atoms with Crippen LogP contribution in [0.5, 0.6) is 0 Å². The lowest BCUT2D eigenvalue weighted by atomic mass is 10.1. The Balaban J connectivity index is 4.31. The Morgan fingerprint density at radius 2 is 2.27 bits per heavy atom. The van der Waals surface area contributed by atoms with Crippen LogP contribution in [0.4, 0.5) is 4.79 Å². The van der Waals surface area contributed by atoms with Gasteiger partial charge in [0.15, 0.2) is 0 Å². The molecule has 0 fully saturated rings. The van der Waals surface area contributed by atoms with E-state index < -0.39 is 12.0 Å². The van der Waals surface area contributed by atoms with Crippen LogP contribution in [-0.2, 0) is 9.63 Å². The number of urea groups is 1. The second kappa shape index (κ2) is 7.61. The Hall–Kier alpha value is -1.78. The van der Waals surface area contributed by atoms with Gasteiger partial charge in [0.25, 0.3) is 0 Å². The molecular formula is C9H14N2O4. The van der Waals surface area contributed by atoms with E-state index >= 15 is 0 Å². The van der Waals surface area contributed by atoms with Crippen LogP contribution >= 0.6 is 0 Å². The molecule has 0 saturated heterocycles. The largest absolute Gasteiger partial charge is 0.396 e. The molecule has 6 nitrogen and oxygen atoms in total. The van der Waals surface area contributed by atoms with Crippen LogP contribution < -0.4 is 11.2 Å². The van der Waals surface area contributed by atoms with Crippen molar-refractivity contribution in [2.45, 2.75) is 19.8 Å². The van der Waals surface area contributed by atoms with E-state index in [1.54, 1.807) is 12.4 Å². The summed E-state index contributed by atoms with van der Waals surface area (Å²) in [6.45, 7) is 1.65. The first-order chi connectivity index (χ1) is 7.11. The van der Waals surface area contributed by atoms with Gasteiger partial charge in [-0.15, -0.1) is 5.73 Å². The number of aliphatic hydroxyl groups excluding tert-OH is 1. The van der Waals surface area contributed by atoms with E-state index in [4.69, 9.17) is 10.8 Å². The smallest absolute Gasteiger partial charge is 0.366 e. The Kier molecular flexibility index (Phi) is 6.70. The minimum absolute atomic E-state index is 0.0363. The van der Waals surface area contributed by atoms with Crippen molar-refractivity contribution in [3.63, 3.8) is 0 Å². The number of hydroxylamine groups is 1. The molecule has 6 heteroatoms. The number of rotatable bonds is 4. The number of amides is 2. The third kappa shape index (κ3) is 6.31. The zero-order valence-corrected chi connectivity index (χ0v) is 8.45. The summed E-state index contributed by atoms with van der Waals surface area (Å²) in [7, 11) is 0. The molecule has 0 unspecified atom stereocenters. The molecule has 0 radical (unpaired) electrons. The van der Waals surface area contributed by atoms with Crippen molar-refractivity contribution in [2.24, 2.45) is 5.73 Å². The van der Waals surface area contributed by atoms with Gasteiger partial charge in [0.05, 0.1) is 5.57 Å². The van der Waals surface area contributed by atoms with E-state index in [2.05, 4.69) is 10.6 Å². The second-order valence-electron chi connectivity index (χ2n) is 2.59. The number of carbonyl (C=O) groups is 2. The Labute approximate surface area is 87.4 Å². The van der Waals surface area contributed by atoms with E-state index in [0.29, 0.717) is 12.8 Å². The fourth-order valence-electron chi connectivity index (χ4n) is 0.821. The van der Waals surface area contributed by atoms with Crippen LogP contribution in [0.1, 0.15) is 19.8 Å². The van der Waals surface area contributed by atoms with Crippen molar-refractivity contribution in [1.82, 2.24) is 5.48 Å². The van der Waals surface area contributed by atoms with Gasteiger partial charge in [0.2, 0.25) is 0 Å². The zero-order chi connectivity index (χ0) is 11.7. The molecule has 0 bridgehead atoms. The Bertz CT molecular complexity index is 292. The molecule has 84 valence electrons. The van der Waals surface area contributed by atoms with Crippen LogP contribution in [0.2, 0.25) is 0 Å². The molecule has 0 rings (SSSR count). The normalized spacial score (nSPS) is 8.67. The predicted octanol–water partition coefficient (Wildman–Crippen LogP) is -0.0132. The van der Waals surface area contributed by atoms with Crippen molar-refractivity contribution in [3.8, 4) is 0 Å². The number of primary amides is 1. The van der Waals surface area contributed by atoms with E-state index in [1.807, 2.05) is 0 Å². The summed E-state index contributed by atoms with van der Waals surface area (Å²) in [5.41, 5.74) is 9.31. The summed E-state index contributed by atoms with van der Waals surface area (Å²) in [5, 5.41) is 8.59. The monoisotopic (exact) mass is 214 g/mol. The van der Waals surface area contributed by atoms with Crippen LogP contribution in [0.25, 0.3) is 0 Å². The molecule has 0 atom stereocenters. The summed E-state index contributed by atoms with van der Waals surface area (Å²) in [6, 6.07) is -0.953. The number of hydrogen-bond donors (Lipinski definition) is 3. The van der Waals surface area contributed by atoms with Gasteiger partial charge in [-0.2, -0.15) is 5.48 Å². The SMILES string of the molecule is CC=C=C(CCCO)C(=O)ONC(N)=O. The van der Waals surface area contributed by atoms with Crippen LogP contribution in [0, 0.1) is 0 Å². The molecule has 0 aromatic rings. The molecule has 15 heavy (non-hydrogen) atoms. The predicted molar refractivity (Wildman–Crippen MR) is 52.4 cm³/mol. The topological polar surface area (TPSA) is 102 Å². The minimum atomic E-state index is -0.953. The van der Waals surface area contributed by atoms with E-state index in [0.717, 1.165) is 0 Å². The van der Waals surface area contributed by atoms with Crippen LogP contribution in [0.15, 0.2) is 17.4 Å². The fraction of sp³-hybridized carbons (Fsp3) is 0.444. The molecule has 0 aliphatic heterocycles. The summed E-state index contributed by atoms with van der Waals surface area (Å²) in [5.74, 6) is -0.736. The quantitative estimate of drug-likeness (QED) is 0.348. The van der Waals surface area contributed by atoms with Gasteiger partial charge in [-0.05, 0) is 25.8 Å². The Morgan fingerprint density at radius 3 is 2.73 bits per heavy atom. The van der Waals surface area contributed by atoms with Gasteiger partial charge < -0.3 is 15.7 Å². The third-order valence-electron chi connectivity index (χ3n) is 1.39. The van der Waals surface area contributed by atoms with Gasteiger partial charge >= 0.3 is 12.0 Å². The summed E-state index contributed by atoms with van der Waals surface area (Å²) in [6.07, 6.45) is 2.28. The first-order valence-corrected chi connectivity index (χ1v) is 4.39. The minimum Gasteiger partial charge on any atom is -0.396 e. The third-order valence-corrected chi connectivity index (χ3v) is 1.39. The van der Waals surface area contributed by atoms with Gasteiger partial charge in [-0.3, -0.25) is 0 Å². The van der Waals surface area contributed by atoms with Crippen molar-refractivity contribution in [1.29, 1.82) is 0 Å². The molecule has 0 heterocycles. The number of hydrogen-bond acceptors (Lipinski definition) is 4. The van der Waals surface area contributed by atoms with E-state index in [9.17, 15) is 9.59 Å². The van der Waals surface area contributed by atoms with Crippen molar-refractivity contribution >= 4 is 12.0 Å². The molecule has 4 N–H and O–H groups in total. The van der Waals surface area contributed by atoms with Gasteiger partial charge in [-0.25, -0.2) is 9.59 Å². The van der Waals surface area contributed by atoms with Gasteiger partial charge in [0, 0.05) is 6.61 Å². The maximum Gasteiger partial charge on any atom is 0.366 e. The van der Waals surface area contributed by atoms with E-state index in [-0.39, 0.29) is 12.2 Å². The highest BCUT2D eigenvalue weighted by atomic mass is 16.7. The highest BCUT2D eigenvalue weighted by Gasteiger charge is 2.11. The highest BCUT2D eigenvalue weighted by Crippen LogP contribution is 2.04. The molecule has 0 saturated carbocycles. The molecule has 0 aromatic carbocycles.